The normalized spacial score (nSPS) is 22.6. The van der Waals surface area contributed by atoms with Crippen molar-refractivity contribution in [2.45, 2.75) is 50.2 Å². The van der Waals surface area contributed by atoms with Crippen LogP contribution in [0.1, 0.15) is 55.6 Å². The Labute approximate surface area is 176 Å². The van der Waals surface area contributed by atoms with E-state index in [1.165, 1.54) is 37.8 Å². The highest BCUT2D eigenvalue weighted by Crippen LogP contribution is 2.42. The molecule has 2 fully saturated rings. The van der Waals surface area contributed by atoms with Gasteiger partial charge in [0.05, 0.1) is 17.8 Å². The lowest BCUT2D eigenvalue weighted by molar-refractivity contribution is 0.193. The Bertz CT molecular complexity index is 965. The largest absolute Gasteiger partial charge is 0.352 e. The van der Waals surface area contributed by atoms with Crippen molar-refractivity contribution >= 4 is 17.3 Å². The van der Waals surface area contributed by atoms with Crippen LogP contribution in [0.25, 0.3) is 5.82 Å². The van der Waals surface area contributed by atoms with Crippen molar-refractivity contribution in [1.29, 1.82) is 0 Å². The fourth-order valence-electron chi connectivity index (χ4n) is 4.77. The second-order valence-electron chi connectivity index (χ2n) is 7.82. The van der Waals surface area contributed by atoms with Gasteiger partial charge in [-0.3, -0.25) is 4.98 Å². The summed E-state index contributed by atoms with van der Waals surface area (Å²) >= 11 is 5.87. The zero-order valence-corrected chi connectivity index (χ0v) is 17.1. The molecular weight excluding hydrogens is 378 g/mol. The standard InChI is InChI=1S/C23H25N5S/c29-23-26-21(18-11-4-6-14-24-18)22(28(23)17-9-2-1-3-10-17)19-12-8-16-27(19)20-13-5-7-15-25-20/h4-8,11-17,21-22H,1-3,9-10H2,(H,26,29)/t21-,22+/m0/s1. The van der Waals surface area contributed by atoms with Crippen molar-refractivity contribution in [2.24, 2.45) is 0 Å². The molecule has 0 aromatic carbocycles. The summed E-state index contributed by atoms with van der Waals surface area (Å²) in [5.74, 6) is 0.925. The van der Waals surface area contributed by atoms with Gasteiger partial charge in [0.2, 0.25) is 0 Å². The number of hydrogen-bond acceptors (Lipinski definition) is 3. The maximum Gasteiger partial charge on any atom is 0.170 e. The Morgan fingerprint density at radius 3 is 2.41 bits per heavy atom. The maximum absolute atomic E-state index is 5.87. The number of nitrogens with zero attached hydrogens (tertiary/aromatic N) is 4. The lowest BCUT2D eigenvalue weighted by Gasteiger charge is -2.37. The molecule has 3 aromatic heterocycles. The van der Waals surface area contributed by atoms with Crippen molar-refractivity contribution in [3.63, 3.8) is 0 Å². The van der Waals surface area contributed by atoms with E-state index < -0.39 is 0 Å². The van der Waals surface area contributed by atoms with Gasteiger partial charge in [0.15, 0.2) is 5.11 Å². The van der Waals surface area contributed by atoms with E-state index in [1.807, 2.05) is 42.7 Å². The third-order valence-electron chi connectivity index (χ3n) is 6.08. The van der Waals surface area contributed by atoms with Crippen molar-refractivity contribution in [3.05, 3.63) is 78.5 Å². The van der Waals surface area contributed by atoms with E-state index in [9.17, 15) is 0 Å². The van der Waals surface area contributed by atoms with Crippen LogP contribution in [-0.2, 0) is 0 Å². The van der Waals surface area contributed by atoms with Crippen molar-refractivity contribution < 1.29 is 0 Å². The molecule has 148 valence electrons. The first-order valence-corrected chi connectivity index (χ1v) is 10.8. The Morgan fingerprint density at radius 2 is 1.69 bits per heavy atom. The maximum atomic E-state index is 5.87. The third kappa shape index (κ3) is 3.42. The molecule has 1 saturated carbocycles. The number of nitrogens with one attached hydrogen (secondary N) is 1. The van der Waals surface area contributed by atoms with Gasteiger partial charge in [-0.1, -0.05) is 31.4 Å². The van der Waals surface area contributed by atoms with Crippen LogP contribution >= 0.6 is 12.2 Å². The molecule has 1 saturated heterocycles. The first-order valence-electron chi connectivity index (χ1n) is 10.4. The molecule has 0 unspecified atom stereocenters. The fraction of sp³-hybridized carbons (Fsp3) is 0.348. The third-order valence-corrected chi connectivity index (χ3v) is 6.41. The van der Waals surface area contributed by atoms with E-state index in [4.69, 9.17) is 12.2 Å². The van der Waals surface area contributed by atoms with Crippen LogP contribution in [0.5, 0.6) is 0 Å². The fourth-order valence-corrected chi connectivity index (χ4v) is 5.16. The van der Waals surface area contributed by atoms with Crippen LogP contribution in [0, 0.1) is 0 Å². The molecule has 5 rings (SSSR count). The molecule has 1 aliphatic carbocycles. The van der Waals surface area contributed by atoms with Gasteiger partial charge in [0.1, 0.15) is 5.82 Å². The minimum absolute atomic E-state index is 0.0167. The summed E-state index contributed by atoms with van der Waals surface area (Å²) < 4.78 is 2.19. The van der Waals surface area contributed by atoms with E-state index in [0.29, 0.717) is 6.04 Å². The van der Waals surface area contributed by atoms with Gasteiger partial charge in [-0.2, -0.15) is 0 Å². The van der Waals surface area contributed by atoms with Crippen LogP contribution in [0.3, 0.4) is 0 Å². The van der Waals surface area contributed by atoms with Gasteiger partial charge >= 0.3 is 0 Å². The van der Waals surface area contributed by atoms with Crippen LogP contribution in [0.4, 0.5) is 0 Å². The van der Waals surface area contributed by atoms with Gasteiger partial charge in [-0.25, -0.2) is 4.98 Å². The quantitative estimate of drug-likeness (QED) is 0.647. The molecular formula is C23H25N5S. The summed E-state index contributed by atoms with van der Waals surface area (Å²) in [5.41, 5.74) is 2.21. The van der Waals surface area contributed by atoms with Crippen molar-refractivity contribution in [1.82, 2.24) is 24.8 Å². The Kier molecular flexibility index (Phi) is 5.02. The molecule has 0 radical (unpaired) electrons. The van der Waals surface area contributed by atoms with Gasteiger partial charge in [-0.15, -0.1) is 0 Å². The van der Waals surface area contributed by atoms with E-state index in [1.54, 1.807) is 0 Å². The zero-order valence-electron chi connectivity index (χ0n) is 16.3. The Balaban J connectivity index is 1.61. The number of rotatable bonds is 4. The lowest BCUT2D eigenvalue weighted by atomic mass is 9.92. The Morgan fingerprint density at radius 1 is 0.897 bits per heavy atom. The predicted octanol–water partition coefficient (Wildman–Crippen LogP) is 4.57. The molecule has 1 aliphatic heterocycles. The summed E-state index contributed by atoms with van der Waals surface area (Å²) in [6.07, 6.45) is 12.0. The van der Waals surface area contributed by atoms with E-state index in [0.717, 1.165) is 16.6 Å². The highest BCUT2D eigenvalue weighted by atomic mass is 32.1. The van der Waals surface area contributed by atoms with E-state index >= 15 is 0 Å². The molecule has 5 nitrogen and oxygen atoms in total. The minimum atomic E-state index is 0.0167. The first-order chi connectivity index (χ1) is 14.3. The van der Waals surface area contributed by atoms with Crippen LogP contribution in [-0.4, -0.2) is 30.6 Å². The molecule has 0 bridgehead atoms. The lowest BCUT2D eigenvalue weighted by Crippen LogP contribution is -2.40. The highest BCUT2D eigenvalue weighted by molar-refractivity contribution is 7.80. The first kappa shape index (κ1) is 18.3. The predicted molar refractivity (Wildman–Crippen MR) is 118 cm³/mol. The smallest absolute Gasteiger partial charge is 0.170 e. The second kappa shape index (κ2) is 7.95. The molecule has 29 heavy (non-hydrogen) atoms. The minimum Gasteiger partial charge on any atom is -0.352 e. The van der Waals surface area contributed by atoms with Crippen LogP contribution in [0.2, 0.25) is 0 Å². The molecule has 2 atom stereocenters. The van der Waals surface area contributed by atoms with E-state index in [2.05, 4.69) is 49.1 Å². The summed E-state index contributed by atoms with van der Waals surface area (Å²) in [4.78, 5) is 11.7. The van der Waals surface area contributed by atoms with Gasteiger partial charge in [0.25, 0.3) is 0 Å². The van der Waals surface area contributed by atoms with Gasteiger partial charge in [-0.05, 0) is 61.5 Å². The van der Waals surface area contributed by atoms with E-state index in [-0.39, 0.29) is 12.1 Å². The SMILES string of the molecule is S=C1N[C@@H](c2ccccn2)[C@@H](c2cccn2-c2ccccn2)N1C1CCCCC1. The molecule has 6 heteroatoms. The highest BCUT2D eigenvalue weighted by Gasteiger charge is 2.44. The summed E-state index contributed by atoms with van der Waals surface area (Å²) in [5, 5.41) is 4.43. The molecule has 0 spiro atoms. The zero-order chi connectivity index (χ0) is 19.6. The topological polar surface area (TPSA) is 46.0 Å². The second-order valence-corrected chi connectivity index (χ2v) is 8.20. The van der Waals surface area contributed by atoms with Crippen molar-refractivity contribution in [2.75, 3.05) is 0 Å². The number of thiocarbonyl (C=S) groups is 1. The average Bonchev–Trinajstić information content (AvgIpc) is 3.40. The molecule has 3 aromatic rings. The Hall–Kier alpha value is -2.73. The molecule has 2 aliphatic rings. The molecule has 0 amide bonds. The monoisotopic (exact) mass is 403 g/mol. The molecule has 4 heterocycles. The molecule has 1 N–H and O–H groups in total. The number of hydrogen-bond donors (Lipinski definition) is 1. The number of pyridine rings is 2. The summed E-state index contributed by atoms with van der Waals surface area (Å²) in [7, 11) is 0. The number of aromatic nitrogens is 3. The van der Waals surface area contributed by atoms with Crippen LogP contribution in [0.15, 0.2) is 67.1 Å². The summed E-state index contributed by atoms with van der Waals surface area (Å²) in [6.45, 7) is 0. The van der Waals surface area contributed by atoms with Gasteiger partial charge in [0, 0.05) is 30.3 Å². The summed E-state index contributed by atoms with van der Waals surface area (Å²) in [6, 6.07) is 17.0. The van der Waals surface area contributed by atoms with Gasteiger partial charge < -0.3 is 14.8 Å². The van der Waals surface area contributed by atoms with Crippen LogP contribution < -0.4 is 5.32 Å². The average molecular weight is 404 g/mol. The van der Waals surface area contributed by atoms with Crippen molar-refractivity contribution in [3.8, 4) is 5.82 Å².